The molecule has 0 aromatic heterocycles. The van der Waals surface area contributed by atoms with E-state index in [9.17, 15) is 0 Å². The highest BCUT2D eigenvalue weighted by atomic mass is 35.7. The van der Waals surface area contributed by atoms with E-state index in [1.165, 1.54) is 11.1 Å². The third kappa shape index (κ3) is 1.71. The molecular formula is C13H10ClOP. The van der Waals surface area contributed by atoms with Gasteiger partial charge in [0.25, 0.3) is 0 Å². The van der Waals surface area contributed by atoms with Crippen LogP contribution in [-0.4, -0.2) is 0 Å². The first-order chi connectivity index (χ1) is 7.84. The highest BCUT2D eigenvalue weighted by Gasteiger charge is 2.20. The van der Waals surface area contributed by atoms with Gasteiger partial charge in [0.05, 0.1) is 0 Å². The van der Waals surface area contributed by atoms with E-state index in [1.807, 2.05) is 24.3 Å². The molecule has 16 heavy (non-hydrogen) atoms. The molecule has 0 saturated carbocycles. The van der Waals surface area contributed by atoms with Crippen LogP contribution in [0.1, 0.15) is 5.56 Å². The van der Waals surface area contributed by atoms with Crippen LogP contribution in [0, 0.1) is 0 Å². The summed E-state index contributed by atoms with van der Waals surface area (Å²) >= 11 is 6.22. The van der Waals surface area contributed by atoms with Gasteiger partial charge in [-0.15, -0.1) is 0 Å². The molecule has 1 unspecified atom stereocenters. The zero-order valence-electron chi connectivity index (χ0n) is 8.56. The normalized spacial score (nSPS) is 17.9. The maximum absolute atomic E-state index is 6.22. The van der Waals surface area contributed by atoms with Crippen LogP contribution in [0.4, 0.5) is 0 Å². The summed E-state index contributed by atoms with van der Waals surface area (Å²) in [5.74, 6) is 0.897. The second-order valence-corrected chi connectivity index (χ2v) is 5.99. The van der Waals surface area contributed by atoms with Crippen molar-refractivity contribution in [2.45, 2.75) is 6.16 Å². The second-order valence-electron chi connectivity index (χ2n) is 3.72. The van der Waals surface area contributed by atoms with Crippen LogP contribution < -0.4 is 4.52 Å². The van der Waals surface area contributed by atoms with Crippen molar-refractivity contribution >= 4 is 18.7 Å². The van der Waals surface area contributed by atoms with Gasteiger partial charge in [-0.1, -0.05) is 42.5 Å². The lowest BCUT2D eigenvalue weighted by Gasteiger charge is -2.09. The van der Waals surface area contributed by atoms with E-state index in [-0.39, 0.29) is 0 Å². The maximum Gasteiger partial charge on any atom is 0.187 e. The number of para-hydroxylation sites is 1. The molecular weight excluding hydrogens is 239 g/mol. The zero-order valence-corrected chi connectivity index (χ0v) is 10.2. The molecule has 0 fully saturated rings. The van der Waals surface area contributed by atoms with E-state index in [0.717, 1.165) is 17.5 Å². The molecule has 80 valence electrons. The highest BCUT2D eigenvalue weighted by molar-refractivity contribution is 7.79. The second kappa shape index (κ2) is 4.08. The molecule has 2 aromatic carbocycles. The minimum Gasteiger partial charge on any atom is -0.457 e. The number of hydrogen-bond donors (Lipinski definition) is 0. The van der Waals surface area contributed by atoms with Crippen LogP contribution in [0.3, 0.4) is 0 Å². The third-order valence-electron chi connectivity index (χ3n) is 2.69. The summed E-state index contributed by atoms with van der Waals surface area (Å²) in [6.07, 6.45) is 0.807. The predicted octanol–water partition coefficient (Wildman–Crippen LogP) is 4.80. The zero-order chi connectivity index (χ0) is 11.0. The van der Waals surface area contributed by atoms with Crippen LogP contribution in [0.25, 0.3) is 11.1 Å². The fourth-order valence-corrected chi connectivity index (χ4v) is 3.55. The first-order valence-electron chi connectivity index (χ1n) is 5.13. The Morgan fingerprint density at radius 3 is 2.50 bits per heavy atom. The summed E-state index contributed by atoms with van der Waals surface area (Å²) in [5, 5.41) is 0. The first kappa shape index (κ1) is 10.1. The monoisotopic (exact) mass is 248 g/mol. The van der Waals surface area contributed by atoms with Gasteiger partial charge in [0.15, 0.2) is 7.50 Å². The summed E-state index contributed by atoms with van der Waals surface area (Å²) in [7, 11) is -0.919. The van der Waals surface area contributed by atoms with Crippen molar-refractivity contribution in [1.82, 2.24) is 0 Å². The number of hydrogen-bond acceptors (Lipinski definition) is 1. The van der Waals surface area contributed by atoms with Crippen LogP contribution in [0.15, 0.2) is 48.5 Å². The van der Waals surface area contributed by atoms with Crippen molar-refractivity contribution in [3.63, 3.8) is 0 Å². The molecule has 0 aliphatic carbocycles. The number of halogens is 1. The van der Waals surface area contributed by atoms with Crippen LogP contribution in [0.5, 0.6) is 5.75 Å². The van der Waals surface area contributed by atoms with E-state index in [2.05, 4.69) is 24.3 Å². The van der Waals surface area contributed by atoms with E-state index in [4.69, 9.17) is 15.8 Å². The Labute approximate surface area is 101 Å². The molecule has 1 aliphatic rings. The highest BCUT2D eigenvalue weighted by Crippen LogP contribution is 2.52. The summed E-state index contributed by atoms with van der Waals surface area (Å²) < 4.78 is 5.77. The van der Waals surface area contributed by atoms with Gasteiger partial charge in [-0.3, -0.25) is 0 Å². The average molecular weight is 249 g/mol. The Morgan fingerprint density at radius 2 is 1.62 bits per heavy atom. The summed E-state index contributed by atoms with van der Waals surface area (Å²) in [4.78, 5) is 0. The molecule has 0 saturated heterocycles. The number of benzene rings is 2. The molecule has 0 N–H and O–H groups in total. The van der Waals surface area contributed by atoms with E-state index < -0.39 is 7.50 Å². The Morgan fingerprint density at radius 1 is 0.938 bits per heavy atom. The van der Waals surface area contributed by atoms with Gasteiger partial charge < -0.3 is 4.52 Å². The Balaban J connectivity index is 2.26. The minimum atomic E-state index is -0.919. The molecule has 1 nitrogen and oxygen atoms in total. The molecule has 2 aromatic rings. The van der Waals surface area contributed by atoms with Gasteiger partial charge in [-0.05, 0) is 28.4 Å². The van der Waals surface area contributed by atoms with Crippen LogP contribution >= 0.6 is 18.7 Å². The third-order valence-corrected chi connectivity index (χ3v) is 4.24. The molecule has 3 heteroatoms. The SMILES string of the molecule is ClP1Cc2ccccc2-c2ccccc2O1. The van der Waals surface area contributed by atoms with Gasteiger partial charge in [0.2, 0.25) is 0 Å². The lowest BCUT2D eigenvalue weighted by Crippen LogP contribution is -1.83. The fraction of sp³-hybridized carbons (Fsp3) is 0.0769. The lowest BCUT2D eigenvalue weighted by molar-refractivity contribution is 0.630. The molecule has 0 radical (unpaired) electrons. The fourth-order valence-electron chi connectivity index (χ4n) is 1.96. The topological polar surface area (TPSA) is 9.23 Å². The Bertz CT molecular complexity index is 479. The molecule has 1 atom stereocenters. The quantitative estimate of drug-likeness (QED) is 0.609. The van der Waals surface area contributed by atoms with E-state index in [1.54, 1.807) is 0 Å². The van der Waals surface area contributed by atoms with Crippen molar-refractivity contribution in [3.8, 4) is 16.9 Å². The largest absolute Gasteiger partial charge is 0.457 e. The van der Waals surface area contributed by atoms with Gasteiger partial charge >= 0.3 is 0 Å². The molecule has 0 amide bonds. The smallest absolute Gasteiger partial charge is 0.187 e. The Hall–Kier alpha value is -1.04. The minimum absolute atomic E-state index is 0.807. The maximum atomic E-state index is 6.22. The van der Waals surface area contributed by atoms with Gasteiger partial charge in [-0.25, -0.2) is 0 Å². The van der Waals surface area contributed by atoms with Gasteiger partial charge in [0.1, 0.15) is 5.75 Å². The van der Waals surface area contributed by atoms with Crippen molar-refractivity contribution in [1.29, 1.82) is 0 Å². The van der Waals surface area contributed by atoms with Crippen LogP contribution in [0.2, 0.25) is 0 Å². The van der Waals surface area contributed by atoms with Crippen molar-refractivity contribution in [2.75, 3.05) is 0 Å². The summed E-state index contributed by atoms with van der Waals surface area (Å²) in [6.45, 7) is 0. The van der Waals surface area contributed by atoms with Crippen LogP contribution in [-0.2, 0) is 6.16 Å². The van der Waals surface area contributed by atoms with E-state index >= 15 is 0 Å². The van der Waals surface area contributed by atoms with Crippen molar-refractivity contribution < 1.29 is 4.52 Å². The molecule has 0 spiro atoms. The number of rotatable bonds is 0. The predicted molar refractivity (Wildman–Crippen MR) is 69.0 cm³/mol. The summed E-state index contributed by atoms with van der Waals surface area (Å²) in [5.41, 5.74) is 3.65. The molecule has 1 aliphatic heterocycles. The molecule has 1 heterocycles. The lowest BCUT2D eigenvalue weighted by atomic mass is 10.00. The number of fused-ring (bicyclic) bond motifs is 3. The molecule has 3 rings (SSSR count). The summed E-state index contributed by atoms with van der Waals surface area (Å²) in [6, 6.07) is 16.4. The van der Waals surface area contributed by atoms with Crippen molar-refractivity contribution in [2.24, 2.45) is 0 Å². The average Bonchev–Trinajstić information content (AvgIpc) is 2.44. The van der Waals surface area contributed by atoms with E-state index in [0.29, 0.717) is 0 Å². The van der Waals surface area contributed by atoms with Crippen molar-refractivity contribution in [3.05, 3.63) is 54.1 Å². The van der Waals surface area contributed by atoms with Gasteiger partial charge in [-0.2, -0.15) is 0 Å². The Kier molecular flexibility index (Phi) is 2.59. The van der Waals surface area contributed by atoms with Gasteiger partial charge in [0, 0.05) is 11.7 Å². The molecule has 0 bridgehead atoms. The standard InChI is InChI=1S/C13H10ClOP/c14-16-9-10-5-1-2-6-11(10)12-7-3-4-8-13(12)15-16/h1-8H,9H2. The first-order valence-corrected chi connectivity index (χ1v) is 7.48.